The molecule has 0 aliphatic rings. The van der Waals surface area contributed by atoms with Crippen molar-refractivity contribution < 1.29 is 8.78 Å². The molecule has 0 aliphatic carbocycles. The highest BCUT2D eigenvalue weighted by molar-refractivity contribution is 5.85. The summed E-state index contributed by atoms with van der Waals surface area (Å²) in [5.41, 5.74) is 0. The van der Waals surface area contributed by atoms with Crippen molar-refractivity contribution in [3.05, 3.63) is 84.4 Å². The smallest absolute Gasteiger partial charge is 0.166 e. The van der Waals surface area contributed by atoms with Gasteiger partial charge in [0, 0.05) is 5.39 Å². The van der Waals surface area contributed by atoms with Crippen LogP contribution in [0.2, 0.25) is 0 Å². The van der Waals surface area contributed by atoms with Crippen LogP contribution in [-0.4, -0.2) is 0 Å². The maximum absolute atomic E-state index is 14.1. The molecule has 3 aromatic rings. The molecule has 3 rings (SSSR count). The zero-order valence-corrected chi connectivity index (χ0v) is 10.7. The van der Waals surface area contributed by atoms with E-state index in [1.807, 2.05) is 36.4 Å². The van der Waals surface area contributed by atoms with E-state index in [2.05, 4.69) is 0 Å². The Morgan fingerprint density at radius 2 is 1.00 bits per heavy atom. The maximum Gasteiger partial charge on any atom is 0.166 e. The number of fused-ring (bicyclic) bond motifs is 2. The molecule has 0 aliphatic heterocycles. The molecule has 0 nitrogen and oxygen atoms in total. The minimum absolute atomic E-state index is 0.269. The molecule has 2 heteroatoms. The molecule has 0 radical (unpaired) electrons. The van der Waals surface area contributed by atoms with Crippen LogP contribution >= 0.6 is 0 Å². The van der Waals surface area contributed by atoms with E-state index >= 15 is 0 Å². The topological polar surface area (TPSA) is 0 Å². The van der Waals surface area contributed by atoms with Gasteiger partial charge in [-0.1, -0.05) is 66.7 Å². The Hall–Kier alpha value is -2.48. The normalized spacial score (nSPS) is 10.5. The van der Waals surface area contributed by atoms with Crippen LogP contribution in [-0.2, 0) is 0 Å². The zero-order valence-electron chi connectivity index (χ0n) is 10.7. The van der Waals surface area contributed by atoms with E-state index in [9.17, 15) is 8.78 Å². The van der Waals surface area contributed by atoms with Crippen LogP contribution in [0.4, 0.5) is 8.78 Å². The maximum atomic E-state index is 14.1. The fourth-order valence-corrected chi connectivity index (χ4v) is 2.20. The van der Waals surface area contributed by atoms with Gasteiger partial charge in [0.2, 0.25) is 0 Å². The van der Waals surface area contributed by atoms with Crippen LogP contribution in [0, 0.1) is 11.6 Å². The molecule has 0 spiro atoms. The van der Waals surface area contributed by atoms with Gasteiger partial charge in [0.05, 0.1) is 0 Å². The van der Waals surface area contributed by atoms with Gasteiger partial charge in [-0.3, -0.25) is 0 Å². The fraction of sp³-hybridized carbons (Fsp3) is 0. The summed E-state index contributed by atoms with van der Waals surface area (Å²) in [5.74, 6) is -1.69. The largest absolute Gasteiger partial charge is 0.204 e. The average Bonchev–Trinajstić information content (AvgIpc) is 2.50. The van der Waals surface area contributed by atoms with Crippen molar-refractivity contribution in [1.29, 1.82) is 0 Å². The minimum Gasteiger partial charge on any atom is -0.204 e. The predicted octanol–water partition coefficient (Wildman–Crippen LogP) is 5.40. The lowest BCUT2D eigenvalue weighted by Gasteiger charge is -1.97. The molecule has 20 heavy (non-hydrogen) atoms. The van der Waals surface area contributed by atoms with Crippen molar-refractivity contribution in [2.75, 3.05) is 0 Å². The molecule has 0 amide bonds. The molecule has 98 valence electrons. The van der Waals surface area contributed by atoms with Crippen LogP contribution in [0.1, 0.15) is 0 Å². The third kappa shape index (κ3) is 2.32. The Kier molecular flexibility index (Phi) is 3.30. The second-order valence-corrected chi connectivity index (χ2v) is 4.54. The number of halogens is 2. The van der Waals surface area contributed by atoms with Gasteiger partial charge >= 0.3 is 0 Å². The van der Waals surface area contributed by atoms with Crippen molar-refractivity contribution in [1.82, 2.24) is 0 Å². The van der Waals surface area contributed by atoms with Gasteiger partial charge in [-0.05, 0) is 22.2 Å². The Labute approximate surface area is 115 Å². The zero-order chi connectivity index (χ0) is 13.9. The lowest BCUT2D eigenvalue weighted by atomic mass is 10.1. The van der Waals surface area contributed by atoms with Gasteiger partial charge in [0.25, 0.3) is 0 Å². The van der Waals surface area contributed by atoms with Gasteiger partial charge < -0.3 is 0 Å². The van der Waals surface area contributed by atoms with Crippen LogP contribution in [0.5, 0.6) is 0 Å². The van der Waals surface area contributed by atoms with Gasteiger partial charge in [0.15, 0.2) is 11.6 Å². The summed E-state index contributed by atoms with van der Waals surface area (Å²) < 4.78 is 28.0. The van der Waals surface area contributed by atoms with Gasteiger partial charge in [-0.2, -0.15) is 0 Å². The molecule has 0 heterocycles. The van der Waals surface area contributed by atoms with Crippen molar-refractivity contribution in [3.63, 3.8) is 0 Å². The second kappa shape index (κ2) is 5.25. The van der Waals surface area contributed by atoms with E-state index in [4.69, 9.17) is 0 Å². The van der Waals surface area contributed by atoms with E-state index in [0.29, 0.717) is 5.39 Å². The Morgan fingerprint density at radius 1 is 0.500 bits per heavy atom. The highest BCUT2D eigenvalue weighted by Crippen LogP contribution is 2.19. The summed E-state index contributed by atoms with van der Waals surface area (Å²) in [7, 11) is 0. The van der Waals surface area contributed by atoms with Crippen LogP contribution in [0.15, 0.2) is 72.8 Å². The van der Waals surface area contributed by atoms with E-state index < -0.39 is 11.6 Å². The Bertz CT molecular complexity index is 837. The molecule has 0 bridgehead atoms. The van der Waals surface area contributed by atoms with Gasteiger partial charge in [-0.15, -0.1) is 0 Å². The molecule has 0 aromatic heterocycles. The third-order valence-electron chi connectivity index (χ3n) is 3.25. The lowest BCUT2D eigenvalue weighted by Crippen LogP contribution is -1.82. The standard InChI is InChI=1S/C18H12F2/c19-17-12-11-14-6-2-1-5-13(14)9-10-15-7-3-4-8-16(15)18(17)20/h1-12H. The molecule has 0 unspecified atom stereocenters. The van der Waals surface area contributed by atoms with Crippen molar-refractivity contribution in [3.8, 4) is 0 Å². The first kappa shape index (κ1) is 12.5. The summed E-state index contributed by atoms with van der Waals surface area (Å²) >= 11 is 0. The Balaban J connectivity index is 2.52. The number of benzene rings is 2. The number of rotatable bonds is 0. The van der Waals surface area contributed by atoms with Crippen molar-refractivity contribution in [2.45, 2.75) is 0 Å². The highest BCUT2D eigenvalue weighted by Gasteiger charge is 2.02. The van der Waals surface area contributed by atoms with Crippen LogP contribution in [0.25, 0.3) is 21.5 Å². The summed E-state index contributed by atoms with van der Waals surface area (Å²) in [5, 5.41) is 2.75. The van der Waals surface area contributed by atoms with E-state index in [1.165, 1.54) is 6.07 Å². The van der Waals surface area contributed by atoms with Crippen molar-refractivity contribution in [2.24, 2.45) is 0 Å². The van der Waals surface area contributed by atoms with Gasteiger partial charge in [0.1, 0.15) is 0 Å². The summed E-state index contributed by atoms with van der Waals surface area (Å²) in [6.45, 7) is 0. The third-order valence-corrected chi connectivity index (χ3v) is 3.25. The van der Waals surface area contributed by atoms with Gasteiger partial charge in [-0.25, -0.2) is 8.78 Å². The monoisotopic (exact) mass is 266 g/mol. The molecule has 0 saturated carbocycles. The molecule has 0 atom stereocenters. The van der Waals surface area contributed by atoms with E-state index in [0.717, 1.165) is 10.8 Å². The SMILES string of the molecule is Fc1ccc2ccccc2ccc2ccccc2c1F. The second-order valence-electron chi connectivity index (χ2n) is 4.54. The van der Waals surface area contributed by atoms with Crippen LogP contribution in [0.3, 0.4) is 0 Å². The molecule has 3 aromatic carbocycles. The van der Waals surface area contributed by atoms with Crippen molar-refractivity contribution >= 4 is 21.5 Å². The Morgan fingerprint density at radius 3 is 1.70 bits per heavy atom. The summed E-state index contributed by atoms with van der Waals surface area (Å²) in [6, 6.07) is 20.9. The lowest BCUT2D eigenvalue weighted by molar-refractivity contribution is 0.518. The number of hydrogen-bond donors (Lipinski definition) is 0. The quantitative estimate of drug-likeness (QED) is 0.511. The summed E-state index contributed by atoms with van der Waals surface area (Å²) in [6.07, 6.45) is 0. The first-order chi connectivity index (χ1) is 9.75. The van der Waals surface area contributed by atoms with Crippen LogP contribution < -0.4 is 0 Å². The molecular formula is C18H12F2. The van der Waals surface area contributed by atoms with E-state index in [-0.39, 0.29) is 5.39 Å². The molecular weight excluding hydrogens is 254 g/mol. The molecule has 0 fully saturated rings. The predicted molar refractivity (Wildman–Crippen MR) is 79.0 cm³/mol. The first-order valence-corrected chi connectivity index (χ1v) is 6.35. The molecule has 0 N–H and O–H groups in total. The minimum atomic E-state index is -0.859. The van der Waals surface area contributed by atoms with E-state index in [1.54, 1.807) is 30.3 Å². The highest BCUT2D eigenvalue weighted by atomic mass is 19.2. The number of hydrogen-bond acceptors (Lipinski definition) is 0. The fourth-order valence-electron chi connectivity index (χ4n) is 2.20. The average molecular weight is 266 g/mol. The first-order valence-electron chi connectivity index (χ1n) is 6.35. The summed E-state index contributed by atoms with van der Waals surface area (Å²) in [4.78, 5) is 0. The molecule has 0 saturated heterocycles.